The summed E-state index contributed by atoms with van der Waals surface area (Å²) in [4.78, 5) is 34.7. The van der Waals surface area contributed by atoms with Crippen molar-refractivity contribution in [1.82, 2.24) is 19.6 Å². The minimum Gasteiger partial charge on any atom is -0.456 e. The molecule has 0 atom stereocenters. The van der Waals surface area contributed by atoms with Crippen LogP contribution in [0, 0.1) is 11.6 Å². The van der Waals surface area contributed by atoms with Crippen LogP contribution >= 0.6 is 0 Å². The number of nitrogens with one attached hydrogen (secondary N) is 2. The fourth-order valence-corrected chi connectivity index (χ4v) is 7.21. The van der Waals surface area contributed by atoms with Crippen molar-refractivity contribution >= 4 is 23.4 Å². The third-order valence-electron chi connectivity index (χ3n) is 10.3. The molecule has 4 aromatic rings. The molecule has 0 radical (unpaired) electrons. The van der Waals surface area contributed by atoms with E-state index in [2.05, 4.69) is 70.7 Å². The molecule has 4 amide bonds. The van der Waals surface area contributed by atoms with E-state index in [4.69, 9.17) is 4.74 Å². The van der Waals surface area contributed by atoms with Gasteiger partial charge in [-0.2, -0.15) is 0 Å². The van der Waals surface area contributed by atoms with Crippen LogP contribution in [0.25, 0.3) is 0 Å². The van der Waals surface area contributed by atoms with Gasteiger partial charge in [0.2, 0.25) is 0 Å². The Bertz CT molecular complexity index is 1760. The number of fused-ring (bicyclic) bond motifs is 2. The summed E-state index contributed by atoms with van der Waals surface area (Å²) in [5, 5.41) is 5.87. The van der Waals surface area contributed by atoms with Gasteiger partial charge in [-0.15, -0.1) is 0 Å². The molecule has 0 saturated carbocycles. The minimum atomic E-state index is -0.348. The topological polar surface area (TPSA) is 80.4 Å². The molecule has 300 valence electrons. The molecule has 1 heterocycles. The zero-order valence-electron chi connectivity index (χ0n) is 33.8. The predicted octanol–water partition coefficient (Wildman–Crippen LogP) is 9.23. The Kier molecular flexibility index (Phi) is 14.9. The Labute approximate surface area is 331 Å². The number of urea groups is 2. The quantitative estimate of drug-likeness (QED) is 0.106. The van der Waals surface area contributed by atoms with Crippen molar-refractivity contribution in [3.63, 3.8) is 0 Å². The van der Waals surface area contributed by atoms with Crippen LogP contribution < -0.4 is 15.4 Å². The maximum Gasteiger partial charge on any atom is 0.321 e. The lowest BCUT2D eigenvalue weighted by molar-refractivity contribution is 0.207. The molecule has 0 unspecified atom stereocenters. The molecule has 1 aliphatic heterocycles. The standard InChI is InChI=1S/C45H58F2N6O3/c1-45(2)39-17-7-13-33(15-9-29-52(31-11-27-50(3)4)43(54)48-37-23-19-35(46)20-24-37)41(39)56-42-34(14-8-18-40(42)45)16-10-30-53(32-12-28-51(5)6)44(55)49-38-25-21-36(47)22-26-38/h7-8,13-14,17-26H,9-12,15-16,27-32H2,1-6H3,(H,48,54)(H,49,55). The molecule has 0 aliphatic carbocycles. The summed E-state index contributed by atoms with van der Waals surface area (Å²) in [6, 6.07) is 23.9. The Morgan fingerprint density at radius 2 is 0.929 bits per heavy atom. The third-order valence-corrected chi connectivity index (χ3v) is 10.3. The molecule has 11 heteroatoms. The zero-order valence-corrected chi connectivity index (χ0v) is 33.8. The van der Waals surface area contributed by atoms with E-state index in [9.17, 15) is 18.4 Å². The van der Waals surface area contributed by atoms with Gasteiger partial charge in [0.15, 0.2) is 0 Å². The average molecular weight is 769 g/mol. The number of amides is 4. The summed E-state index contributed by atoms with van der Waals surface area (Å²) >= 11 is 0. The van der Waals surface area contributed by atoms with Crippen LogP contribution in [0.3, 0.4) is 0 Å². The van der Waals surface area contributed by atoms with Gasteiger partial charge in [0.05, 0.1) is 0 Å². The second-order valence-electron chi connectivity index (χ2n) is 15.7. The molecule has 5 rings (SSSR count). The van der Waals surface area contributed by atoms with Crippen LogP contribution in [0.5, 0.6) is 11.5 Å². The highest BCUT2D eigenvalue weighted by Gasteiger charge is 2.36. The highest BCUT2D eigenvalue weighted by Crippen LogP contribution is 2.50. The van der Waals surface area contributed by atoms with Crippen molar-refractivity contribution in [3.8, 4) is 11.5 Å². The number of ether oxygens (including phenoxy) is 1. The lowest BCUT2D eigenvalue weighted by atomic mass is 9.74. The molecule has 1 aliphatic rings. The van der Waals surface area contributed by atoms with E-state index in [0.717, 1.165) is 85.4 Å². The normalized spacial score (nSPS) is 12.8. The number of para-hydroxylation sites is 2. The highest BCUT2D eigenvalue weighted by molar-refractivity contribution is 5.89. The molecule has 0 fully saturated rings. The second-order valence-corrected chi connectivity index (χ2v) is 15.7. The van der Waals surface area contributed by atoms with Gasteiger partial charge in [-0.05, 0) is 139 Å². The van der Waals surface area contributed by atoms with Gasteiger partial charge in [-0.1, -0.05) is 50.2 Å². The molecule has 56 heavy (non-hydrogen) atoms. The Morgan fingerprint density at radius 1 is 0.554 bits per heavy atom. The van der Waals surface area contributed by atoms with Crippen molar-refractivity contribution in [2.75, 3.05) is 78.1 Å². The van der Waals surface area contributed by atoms with Gasteiger partial charge in [-0.25, -0.2) is 18.4 Å². The first-order valence-corrected chi connectivity index (χ1v) is 19.7. The van der Waals surface area contributed by atoms with Crippen molar-refractivity contribution in [2.45, 2.75) is 57.8 Å². The van der Waals surface area contributed by atoms with Crippen LogP contribution in [0.2, 0.25) is 0 Å². The van der Waals surface area contributed by atoms with E-state index in [-0.39, 0.29) is 29.1 Å². The molecule has 4 aromatic carbocycles. The second kappa shape index (κ2) is 19.7. The third kappa shape index (κ3) is 11.5. The van der Waals surface area contributed by atoms with Gasteiger partial charge in [0, 0.05) is 54.1 Å². The maximum atomic E-state index is 13.5. The number of aryl methyl sites for hydroxylation is 2. The highest BCUT2D eigenvalue weighted by atomic mass is 19.1. The average Bonchev–Trinajstić information content (AvgIpc) is 3.15. The van der Waals surface area contributed by atoms with Crippen molar-refractivity contribution in [1.29, 1.82) is 0 Å². The van der Waals surface area contributed by atoms with E-state index < -0.39 is 0 Å². The number of nitrogens with zero attached hydrogens (tertiary/aromatic N) is 4. The Hall–Kier alpha value is -5.00. The largest absolute Gasteiger partial charge is 0.456 e. The van der Waals surface area contributed by atoms with Gasteiger partial charge in [0.1, 0.15) is 23.1 Å². The lowest BCUT2D eigenvalue weighted by Gasteiger charge is -2.36. The number of anilines is 2. The first-order valence-electron chi connectivity index (χ1n) is 19.7. The summed E-state index contributed by atoms with van der Waals surface area (Å²) in [7, 11) is 8.08. The number of benzene rings is 4. The van der Waals surface area contributed by atoms with Crippen LogP contribution in [0.15, 0.2) is 84.9 Å². The summed E-state index contributed by atoms with van der Waals surface area (Å²) in [5.74, 6) is 1.05. The molecule has 0 aromatic heterocycles. The van der Waals surface area contributed by atoms with Gasteiger partial charge in [-0.3, -0.25) is 0 Å². The van der Waals surface area contributed by atoms with E-state index in [1.807, 2.05) is 38.0 Å². The SMILES string of the molecule is CN(C)CCCN(CCCc1cccc2c1Oc1c(CCCN(CCCN(C)C)C(=O)Nc3ccc(F)cc3)cccc1C2(C)C)C(=O)Nc1ccc(F)cc1. The van der Waals surface area contributed by atoms with Crippen molar-refractivity contribution in [3.05, 3.63) is 119 Å². The Morgan fingerprint density at radius 3 is 1.30 bits per heavy atom. The zero-order chi connectivity index (χ0) is 40.2. The van der Waals surface area contributed by atoms with E-state index >= 15 is 0 Å². The van der Waals surface area contributed by atoms with Crippen LogP contribution in [0.1, 0.15) is 61.8 Å². The summed E-state index contributed by atoms with van der Waals surface area (Å²) in [6.45, 7) is 8.48. The first-order chi connectivity index (χ1) is 26.8. The number of hydrogen-bond acceptors (Lipinski definition) is 5. The maximum absolute atomic E-state index is 13.5. The monoisotopic (exact) mass is 768 g/mol. The van der Waals surface area contributed by atoms with Gasteiger partial charge in [0.25, 0.3) is 0 Å². The van der Waals surface area contributed by atoms with Gasteiger partial charge >= 0.3 is 12.1 Å². The molecular weight excluding hydrogens is 711 g/mol. The molecule has 0 saturated heterocycles. The number of halogens is 2. The smallest absolute Gasteiger partial charge is 0.321 e. The molecule has 2 N–H and O–H groups in total. The Balaban J connectivity index is 1.28. The fraction of sp³-hybridized carbons (Fsp3) is 0.422. The first kappa shape index (κ1) is 42.1. The number of hydrogen-bond donors (Lipinski definition) is 2. The minimum absolute atomic E-state index is 0.203. The van der Waals surface area contributed by atoms with Crippen molar-refractivity contribution < 1.29 is 23.1 Å². The lowest BCUT2D eigenvalue weighted by Crippen LogP contribution is -2.37. The van der Waals surface area contributed by atoms with Crippen molar-refractivity contribution in [2.24, 2.45) is 0 Å². The molecular formula is C45H58F2N6O3. The molecule has 9 nitrogen and oxygen atoms in total. The summed E-state index contributed by atoms with van der Waals surface area (Å²) in [5.41, 5.74) is 5.24. The number of carbonyl (C=O) groups excluding carboxylic acids is 2. The van der Waals surface area contributed by atoms with Crippen LogP contribution in [-0.4, -0.2) is 99.1 Å². The van der Waals surface area contributed by atoms with Gasteiger partial charge < -0.3 is 35.0 Å². The molecule has 0 spiro atoms. The van der Waals surface area contributed by atoms with Crippen LogP contribution in [0.4, 0.5) is 29.7 Å². The van der Waals surface area contributed by atoms with E-state index in [1.165, 1.54) is 24.3 Å². The number of rotatable bonds is 18. The molecule has 0 bridgehead atoms. The van der Waals surface area contributed by atoms with E-state index in [1.54, 1.807) is 24.3 Å². The predicted molar refractivity (Wildman–Crippen MR) is 222 cm³/mol. The van der Waals surface area contributed by atoms with Crippen LogP contribution in [-0.2, 0) is 18.3 Å². The fourth-order valence-electron chi connectivity index (χ4n) is 7.21. The summed E-state index contributed by atoms with van der Waals surface area (Å²) < 4.78 is 33.9. The van der Waals surface area contributed by atoms with E-state index in [0.29, 0.717) is 37.6 Å². The summed E-state index contributed by atoms with van der Waals surface area (Å²) in [6.07, 6.45) is 4.56. The number of carbonyl (C=O) groups is 2.